The van der Waals surface area contributed by atoms with E-state index < -0.39 is 11.8 Å². The van der Waals surface area contributed by atoms with Crippen LogP contribution in [-0.2, 0) is 0 Å². The van der Waals surface area contributed by atoms with Crippen molar-refractivity contribution in [3.05, 3.63) is 77.2 Å². The molecular weight excluding hydrogens is 362 g/mol. The summed E-state index contributed by atoms with van der Waals surface area (Å²) in [5, 5.41) is 17.8. The van der Waals surface area contributed by atoms with Crippen molar-refractivity contribution in [1.29, 1.82) is 5.26 Å². The van der Waals surface area contributed by atoms with E-state index in [1.807, 2.05) is 25.1 Å². The van der Waals surface area contributed by atoms with Crippen LogP contribution in [0.3, 0.4) is 0 Å². The van der Waals surface area contributed by atoms with Gasteiger partial charge < -0.3 is 0 Å². The quantitative estimate of drug-likeness (QED) is 0.465. The SMILES string of the molecule is Cc1nccc(-c2cccc(N=NC(C#N)C(=O)c3ccc(Cl)cc3)c2)n1. The summed E-state index contributed by atoms with van der Waals surface area (Å²) < 4.78 is 0. The number of carbonyl (C=O) groups is 1. The Kier molecular flexibility index (Phi) is 5.64. The third-order valence-electron chi connectivity index (χ3n) is 3.71. The fraction of sp³-hybridized carbons (Fsp3) is 0.100. The number of hydrogen-bond acceptors (Lipinski definition) is 6. The van der Waals surface area contributed by atoms with Gasteiger partial charge in [-0.25, -0.2) is 9.97 Å². The number of Topliss-reactive ketones (excluding diaryl/α,β-unsaturated/α-hetero) is 1. The van der Waals surface area contributed by atoms with Gasteiger partial charge in [0.1, 0.15) is 5.82 Å². The predicted octanol–water partition coefficient (Wildman–Crippen LogP) is 4.96. The molecule has 0 radical (unpaired) electrons. The molecule has 3 rings (SSSR count). The summed E-state index contributed by atoms with van der Waals surface area (Å²) in [6, 6.07) is 16.0. The van der Waals surface area contributed by atoms with Gasteiger partial charge in [0.2, 0.25) is 11.8 Å². The molecule has 1 atom stereocenters. The number of nitrogens with zero attached hydrogens (tertiary/aromatic N) is 5. The molecule has 0 saturated carbocycles. The highest BCUT2D eigenvalue weighted by molar-refractivity contribution is 6.30. The highest BCUT2D eigenvalue weighted by Gasteiger charge is 2.19. The molecular formula is C20H14ClN5O. The van der Waals surface area contributed by atoms with E-state index in [4.69, 9.17) is 11.6 Å². The van der Waals surface area contributed by atoms with Crippen LogP contribution < -0.4 is 0 Å². The first-order valence-corrected chi connectivity index (χ1v) is 8.45. The molecule has 6 nitrogen and oxygen atoms in total. The van der Waals surface area contributed by atoms with E-state index in [0.717, 1.165) is 11.3 Å². The maximum Gasteiger partial charge on any atom is 0.219 e. The summed E-state index contributed by atoms with van der Waals surface area (Å²) in [7, 11) is 0. The molecule has 0 saturated heterocycles. The summed E-state index contributed by atoms with van der Waals surface area (Å²) >= 11 is 5.82. The number of halogens is 1. The van der Waals surface area contributed by atoms with Crippen molar-refractivity contribution in [3.63, 3.8) is 0 Å². The van der Waals surface area contributed by atoms with Crippen molar-refractivity contribution in [2.75, 3.05) is 0 Å². The van der Waals surface area contributed by atoms with Gasteiger partial charge in [-0.2, -0.15) is 15.5 Å². The van der Waals surface area contributed by atoms with Crippen LogP contribution in [-0.4, -0.2) is 21.8 Å². The van der Waals surface area contributed by atoms with E-state index in [1.165, 1.54) is 0 Å². The maximum atomic E-state index is 12.4. The van der Waals surface area contributed by atoms with Crippen LogP contribution in [0.25, 0.3) is 11.3 Å². The van der Waals surface area contributed by atoms with Crippen molar-refractivity contribution in [1.82, 2.24) is 9.97 Å². The molecule has 0 aliphatic carbocycles. The van der Waals surface area contributed by atoms with Gasteiger partial charge >= 0.3 is 0 Å². The highest BCUT2D eigenvalue weighted by atomic mass is 35.5. The molecule has 1 unspecified atom stereocenters. The summed E-state index contributed by atoms with van der Waals surface area (Å²) in [6.07, 6.45) is 1.68. The lowest BCUT2D eigenvalue weighted by Crippen LogP contribution is -2.16. The van der Waals surface area contributed by atoms with Crippen LogP contribution >= 0.6 is 11.6 Å². The normalized spacial score (nSPS) is 11.9. The second-order valence-corrected chi connectivity index (χ2v) is 6.09. The van der Waals surface area contributed by atoms with Crippen molar-refractivity contribution in [3.8, 4) is 17.3 Å². The van der Waals surface area contributed by atoms with E-state index >= 15 is 0 Å². The first-order chi connectivity index (χ1) is 13.1. The minimum absolute atomic E-state index is 0.357. The van der Waals surface area contributed by atoms with E-state index in [0.29, 0.717) is 22.1 Å². The molecule has 0 N–H and O–H groups in total. The summed E-state index contributed by atoms with van der Waals surface area (Å²) in [5.41, 5.74) is 2.48. The lowest BCUT2D eigenvalue weighted by Gasteiger charge is -2.04. The number of aryl methyl sites for hydroxylation is 1. The Morgan fingerprint density at radius 3 is 2.67 bits per heavy atom. The second-order valence-electron chi connectivity index (χ2n) is 5.66. The van der Waals surface area contributed by atoms with Crippen LogP contribution in [0.4, 0.5) is 5.69 Å². The third-order valence-corrected chi connectivity index (χ3v) is 3.96. The van der Waals surface area contributed by atoms with Gasteiger partial charge in [0, 0.05) is 22.3 Å². The van der Waals surface area contributed by atoms with Crippen molar-refractivity contribution >= 4 is 23.1 Å². The smallest absolute Gasteiger partial charge is 0.219 e. The van der Waals surface area contributed by atoms with Crippen molar-refractivity contribution in [2.45, 2.75) is 13.0 Å². The lowest BCUT2D eigenvalue weighted by molar-refractivity contribution is 0.0979. The highest BCUT2D eigenvalue weighted by Crippen LogP contribution is 2.23. The molecule has 3 aromatic rings. The average Bonchev–Trinajstić information content (AvgIpc) is 2.69. The Hall–Kier alpha value is -3.43. The minimum atomic E-state index is -1.23. The zero-order valence-corrected chi connectivity index (χ0v) is 15.1. The zero-order valence-electron chi connectivity index (χ0n) is 14.4. The number of ketones is 1. The Morgan fingerprint density at radius 1 is 1.19 bits per heavy atom. The van der Waals surface area contributed by atoms with Gasteiger partial charge in [0.15, 0.2) is 0 Å². The largest absolute Gasteiger partial charge is 0.290 e. The molecule has 1 aromatic heterocycles. The zero-order chi connectivity index (χ0) is 19.2. The molecule has 0 spiro atoms. The van der Waals surface area contributed by atoms with Gasteiger partial charge in [-0.1, -0.05) is 23.7 Å². The average molecular weight is 376 g/mol. The number of azo groups is 1. The Morgan fingerprint density at radius 2 is 1.96 bits per heavy atom. The minimum Gasteiger partial charge on any atom is -0.290 e. The number of aromatic nitrogens is 2. The first kappa shape index (κ1) is 18.4. The van der Waals surface area contributed by atoms with Crippen LogP contribution in [0.1, 0.15) is 16.2 Å². The number of carbonyl (C=O) groups excluding carboxylic acids is 1. The molecule has 0 aliphatic heterocycles. The van der Waals surface area contributed by atoms with Gasteiger partial charge in [0.25, 0.3) is 0 Å². The number of benzene rings is 2. The number of rotatable bonds is 5. The number of hydrogen-bond donors (Lipinski definition) is 0. The lowest BCUT2D eigenvalue weighted by atomic mass is 10.1. The number of nitriles is 1. The van der Waals surface area contributed by atoms with Gasteiger partial charge in [-0.15, -0.1) is 0 Å². The second kappa shape index (κ2) is 8.30. The molecule has 0 fully saturated rings. The van der Waals surface area contributed by atoms with Gasteiger partial charge in [-0.3, -0.25) is 4.79 Å². The van der Waals surface area contributed by atoms with Gasteiger partial charge in [0.05, 0.1) is 17.5 Å². The third kappa shape index (κ3) is 4.60. The molecule has 27 heavy (non-hydrogen) atoms. The van der Waals surface area contributed by atoms with Crippen LogP contribution in [0.15, 0.2) is 71.0 Å². The standard InChI is InChI=1S/C20H14ClN5O/c1-13-23-10-9-18(24-13)15-3-2-4-17(11-15)25-26-19(12-22)20(27)14-5-7-16(21)8-6-14/h2-11,19H,1H3. The van der Waals surface area contributed by atoms with E-state index in [9.17, 15) is 10.1 Å². The molecule has 132 valence electrons. The fourth-order valence-corrected chi connectivity index (χ4v) is 2.50. The van der Waals surface area contributed by atoms with E-state index in [-0.39, 0.29) is 0 Å². The van der Waals surface area contributed by atoms with Crippen LogP contribution in [0, 0.1) is 18.3 Å². The molecule has 0 amide bonds. The van der Waals surface area contributed by atoms with E-state index in [2.05, 4.69) is 20.2 Å². The van der Waals surface area contributed by atoms with Crippen molar-refractivity contribution < 1.29 is 4.79 Å². The summed E-state index contributed by atoms with van der Waals surface area (Å²) in [4.78, 5) is 20.8. The molecule has 1 heterocycles. The topological polar surface area (TPSA) is 91.4 Å². The molecule has 0 aliphatic rings. The van der Waals surface area contributed by atoms with Crippen molar-refractivity contribution in [2.24, 2.45) is 10.2 Å². The van der Waals surface area contributed by atoms with Crippen LogP contribution in [0.5, 0.6) is 0 Å². The summed E-state index contributed by atoms with van der Waals surface area (Å²) in [5.74, 6) is 0.234. The molecule has 7 heteroatoms. The monoisotopic (exact) mass is 375 g/mol. The Bertz CT molecular complexity index is 1040. The van der Waals surface area contributed by atoms with Crippen LogP contribution in [0.2, 0.25) is 5.02 Å². The first-order valence-electron chi connectivity index (χ1n) is 8.07. The molecule has 0 bridgehead atoms. The Balaban J connectivity index is 1.82. The Labute approximate surface area is 161 Å². The molecule has 2 aromatic carbocycles. The van der Waals surface area contributed by atoms with E-state index in [1.54, 1.807) is 48.7 Å². The maximum absolute atomic E-state index is 12.4. The fourth-order valence-electron chi connectivity index (χ4n) is 2.38. The predicted molar refractivity (Wildman–Crippen MR) is 102 cm³/mol. The summed E-state index contributed by atoms with van der Waals surface area (Å²) in [6.45, 7) is 1.81. The van der Waals surface area contributed by atoms with Gasteiger partial charge in [-0.05, 0) is 49.4 Å².